The number of halogens is 2. The van der Waals surface area contributed by atoms with Gasteiger partial charge in [0.1, 0.15) is 17.7 Å². The minimum absolute atomic E-state index is 0.103. The number of nitrogens with zero attached hydrogens (tertiary/aromatic N) is 2. The molecule has 2 aromatic heterocycles. The number of likely N-dealkylation sites (N-methyl/N-ethyl adjacent to an activating group) is 1. The number of H-pyrrole nitrogens is 2. The molecule has 4 aromatic rings. The number of β-amino-alcohol motifs (C(OH)–C–C–N with tert-alkyl or cyclic N) is 2. The molecular weight excluding hydrogens is 622 g/mol. The molecule has 2 saturated heterocycles. The van der Waals surface area contributed by atoms with Crippen molar-refractivity contribution < 1.29 is 33.4 Å². The van der Waals surface area contributed by atoms with Crippen LogP contribution in [0.15, 0.2) is 36.4 Å². The highest BCUT2D eigenvalue weighted by atomic mass is 19.1. The number of amides is 3. The van der Waals surface area contributed by atoms with E-state index in [1.165, 1.54) is 24.3 Å². The monoisotopic (exact) mass is 664 g/mol. The van der Waals surface area contributed by atoms with Gasteiger partial charge in [0, 0.05) is 47.0 Å². The summed E-state index contributed by atoms with van der Waals surface area (Å²) in [5.41, 5.74) is 3.89. The highest BCUT2D eigenvalue weighted by Crippen LogP contribution is 2.39. The molecule has 4 heterocycles. The Morgan fingerprint density at radius 1 is 0.938 bits per heavy atom. The van der Waals surface area contributed by atoms with Crippen molar-refractivity contribution in [3.8, 4) is 11.4 Å². The van der Waals surface area contributed by atoms with Gasteiger partial charge in [0.15, 0.2) is 0 Å². The number of carbonyl (C=O) groups is 3. The minimum atomic E-state index is -0.782. The lowest BCUT2D eigenvalue weighted by Gasteiger charge is -2.29. The average Bonchev–Trinajstić information content (AvgIpc) is 3.81. The lowest BCUT2D eigenvalue weighted by atomic mass is 9.95. The van der Waals surface area contributed by atoms with Crippen LogP contribution in [0.1, 0.15) is 44.2 Å². The first-order valence-electron chi connectivity index (χ1n) is 16.5. The summed E-state index contributed by atoms with van der Waals surface area (Å²) in [6.45, 7) is 3.84. The van der Waals surface area contributed by atoms with Gasteiger partial charge in [-0.05, 0) is 93.6 Å². The van der Waals surface area contributed by atoms with Crippen LogP contribution in [-0.4, -0.2) is 105 Å². The van der Waals surface area contributed by atoms with Gasteiger partial charge in [-0.15, -0.1) is 0 Å². The number of aliphatic hydroxyl groups excluding tert-OH is 2. The highest BCUT2D eigenvalue weighted by Gasteiger charge is 2.39. The number of aromatic amines is 2. The third-order valence-electron chi connectivity index (χ3n) is 9.96. The van der Waals surface area contributed by atoms with Crippen molar-refractivity contribution in [3.63, 3.8) is 0 Å². The van der Waals surface area contributed by atoms with Crippen LogP contribution in [0.5, 0.6) is 0 Å². The molecule has 6 unspecified atom stereocenters. The molecule has 13 heteroatoms. The van der Waals surface area contributed by atoms with Crippen LogP contribution in [0.25, 0.3) is 33.2 Å². The molecule has 0 aliphatic carbocycles. The van der Waals surface area contributed by atoms with Crippen LogP contribution >= 0.6 is 0 Å². The number of aliphatic hydroxyl groups is 2. The second-order valence-corrected chi connectivity index (χ2v) is 13.1. The van der Waals surface area contributed by atoms with Gasteiger partial charge in [-0.1, -0.05) is 6.92 Å². The van der Waals surface area contributed by atoms with Gasteiger partial charge in [0.2, 0.25) is 18.2 Å². The molecule has 0 bridgehead atoms. The molecule has 6 N–H and O–H groups in total. The van der Waals surface area contributed by atoms with Gasteiger partial charge < -0.3 is 40.6 Å². The van der Waals surface area contributed by atoms with Crippen LogP contribution in [0.2, 0.25) is 0 Å². The summed E-state index contributed by atoms with van der Waals surface area (Å²) in [7, 11) is 1.66. The summed E-state index contributed by atoms with van der Waals surface area (Å²) >= 11 is 0. The van der Waals surface area contributed by atoms with Crippen LogP contribution in [0.3, 0.4) is 0 Å². The fourth-order valence-electron chi connectivity index (χ4n) is 7.35. The van der Waals surface area contributed by atoms with E-state index in [1.807, 2.05) is 6.92 Å². The molecule has 48 heavy (non-hydrogen) atoms. The SMILES string of the molecule is CCC(NC(=O)C(C)NC)C(=O)N1CC(O)CC1Cc1c(-c2[nH]c3cc(F)ccc3c2CC2CC(O)CN2C=O)[nH]c2cc(F)ccc12. The second-order valence-electron chi connectivity index (χ2n) is 13.1. The van der Waals surface area contributed by atoms with E-state index in [-0.39, 0.29) is 30.9 Å². The third kappa shape index (κ3) is 6.41. The Morgan fingerprint density at radius 3 is 2.02 bits per heavy atom. The Labute approximate surface area is 276 Å². The number of likely N-dealkylation sites (tertiary alicyclic amines) is 2. The number of fused-ring (bicyclic) bond motifs is 2. The molecule has 0 radical (unpaired) electrons. The Kier molecular flexibility index (Phi) is 9.55. The van der Waals surface area contributed by atoms with E-state index in [1.54, 1.807) is 35.9 Å². The maximum absolute atomic E-state index is 14.5. The maximum atomic E-state index is 14.5. The van der Waals surface area contributed by atoms with E-state index >= 15 is 0 Å². The van der Waals surface area contributed by atoms with Gasteiger partial charge >= 0.3 is 0 Å². The Balaban J connectivity index is 1.42. The Bertz CT molecular complexity index is 1840. The van der Waals surface area contributed by atoms with E-state index in [4.69, 9.17) is 0 Å². The predicted molar refractivity (Wildman–Crippen MR) is 177 cm³/mol. The van der Waals surface area contributed by atoms with Crippen molar-refractivity contribution in [1.29, 1.82) is 0 Å². The van der Waals surface area contributed by atoms with Crippen LogP contribution in [-0.2, 0) is 27.2 Å². The lowest BCUT2D eigenvalue weighted by Crippen LogP contribution is -2.53. The van der Waals surface area contributed by atoms with Crippen molar-refractivity contribution in [2.75, 3.05) is 20.1 Å². The zero-order valence-corrected chi connectivity index (χ0v) is 27.2. The highest BCUT2D eigenvalue weighted by molar-refractivity contribution is 5.96. The maximum Gasteiger partial charge on any atom is 0.245 e. The smallest absolute Gasteiger partial charge is 0.245 e. The fourth-order valence-corrected chi connectivity index (χ4v) is 7.35. The van der Waals surface area contributed by atoms with Gasteiger partial charge in [-0.3, -0.25) is 14.4 Å². The first-order valence-corrected chi connectivity index (χ1v) is 16.5. The Morgan fingerprint density at radius 2 is 1.48 bits per heavy atom. The molecule has 0 spiro atoms. The van der Waals surface area contributed by atoms with Crippen molar-refractivity contribution in [2.24, 2.45) is 0 Å². The first kappa shape index (κ1) is 33.6. The lowest BCUT2D eigenvalue weighted by molar-refractivity contribution is -0.137. The number of carbonyl (C=O) groups excluding carboxylic acids is 3. The van der Waals surface area contributed by atoms with Gasteiger partial charge in [-0.2, -0.15) is 0 Å². The first-order chi connectivity index (χ1) is 23.0. The van der Waals surface area contributed by atoms with Gasteiger partial charge in [0.05, 0.1) is 29.6 Å². The van der Waals surface area contributed by atoms with Crippen molar-refractivity contribution in [1.82, 2.24) is 30.4 Å². The van der Waals surface area contributed by atoms with Crippen molar-refractivity contribution in [2.45, 2.75) is 82.3 Å². The molecule has 6 atom stereocenters. The molecule has 6 rings (SSSR count). The number of hydrogen-bond acceptors (Lipinski definition) is 6. The predicted octanol–water partition coefficient (Wildman–Crippen LogP) is 2.74. The Hall–Kier alpha value is -4.33. The number of rotatable bonds is 11. The quantitative estimate of drug-likeness (QED) is 0.136. The minimum Gasteiger partial charge on any atom is -0.391 e. The van der Waals surface area contributed by atoms with E-state index in [9.17, 15) is 33.4 Å². The molecule has 3 amide bonds. The number of benzene rings is 2. The molecule has 2 aliphatic rings. The summed E-state index contributed by atoms with van der Waals surface area (Å²) in [5, 5.41) is 28.3. The standard InChI is InChI=1S/C35H42F2N6O5/c1-4-29(41-34(47)18(2)38-3)35(48)43-16-24(46)12-22(43)14-28-26-8-6-20(37)10-31(26)40-33(28)32-27(13-21-11-23(45)15-42(21)17-44)25-7-5-19(36)9-30(25)39-32/h5-10,17-18,21-24,29,38-40,45-46H,4,11-16H2,1-3H3,(H,41,47). The van der Waals surface area contributed by atoms with E-state index in [0.717, 1.165) is 28.3 Å². The topological polar surface area (TPSA) is 154 Å². The number of hydrogen-bond donors (Lipinski definition) is 6. The van der Waals surface area contributed by atoms with Gasteiger partial charge in [-0.25, -0.2) is 8.78 Å². The molecular formula is C35H42F2N6O5. The summed E-state index contributed by atoms with van der Waals surface area (Å²) in [6.07, 6.45) is 1.01. The van der Waals surface area contributed by atoms with Crippen LogP contribution in [0.4, 0.5) is 8.78 Å². The van der Waals surface area contributed by atoms with E-state index in [2.05, 4.69) is 20.6 Å². The zero-order chi connectivity index (χ0) is 34.3. The molecule has 0 saturated carbocycles. The van der Waals surface area contributed by atoms with Crippen LogP contribution in [0, 0.1) is 11.6 Å². The normalized spacial score (nSPS) is 22.5. The molecule has 256 valence electrons. The molecule has 2 fully saturated rings. The van der Waals surface area contributed by atoms with E-state index < -0.39 is 42.0 Å². The molecule has 2 aliphatic heterocycles. The summed E-state index contributed by atoms with van der Waals surface area (Å²) < 4.78 is 29.0. The largest absolute Gasteiger partial charge is 0.391 e. The van der Waals surface area contributed by atoms with Crippen molar-refractivity contribution >= 4 is 40.0 Å². The third-order valence-corrected chi connectivity index (χ3v) is 9.96. The van der Waals surface area contributed by atoms with E-state index in [0.29, 0.717) is 54.5 Å². The summed E-state index contributed by atoms with van der Waals surface area (Å²) in [4.78, 5) is 48.4. The number of aromatic nitrogens is 2. The van der Waals surface area contributed by atoms with Crippen LogP contribution < -0.4 is 10.6 Å². The summed E-state index contributed by atoms with van der Waals surface area (Å²) in [6, 6.07) is 6.87. The zero-order valence-electron chi connectivity index (χ0n) is 27.2. The second kappa shape index (κ2) is 13.7. The average molecular weight is 665 g/mol. The van der Waals surface area contributed by atoms with Gasteiger partial charge in [0.25, 0.3) is 0 Å². The molecule has 2 aromatic carbocycles. The molecule has 11 nitrogen and oxygen atoms in total. The fraction of sp³-hybridized carbons (Fsp3) is 0.457. The number of nitrogens with one attached hydrogen (secondary N) is 4. The van der Waals surface area contributed by atoms with Crippen molar-refractivity contribution in [3.05, 3.63) is 59.2 Å². The summed E-state index contributed by atoms with van der Waals surface area (Å²) in [5.74, 6) is -1.46.